The Morgan fingerprint density at radius 1 is 1.17 bits per heavy atom. The van der Waals surface area contributed by atoms with Crippen LogP contribution in [0.1, 0.15) is 34.8 Å². The molecule has 0 spiro atoms. The molecule has 1 saturated carbocycles. The first-order chi connectivity index (χ1) is 14.4. The number of halogens is 3. The average Bonchev–Trinajstić information content (AvgIpc) is 3.52. The number of hydrogen-bond donors (Lipinski definition) is 1. The Labute approximate surface area is 169 Å². The first kappa shape index (κ1) is 19.9. The van der Waals surface area contributed by atoms with Gasteiger partial charge in [-0.1, -0.05) is 12.1 Å². The fourth-order valence-electron chi connectivity index (χ4n) is 3.22. The number of rotatable bonds is 6. The van der Waals surface area contributed by atoms with Crippen LogP contribution in [0, 0.1) is 0 Å². The van der Waals surface area contributed by atoms with Gasteiger partial charge in [-0.15, -0.1) is 5.10 Å². The van der Waals surface area contributed by atoms with Crippen molar-refractivity contribution >= 4 is 5.91 Å². The normalized spacial score (nSPS) is 14.0. The van der Waals surface area contributed by atoms with Crippen molar-refractivity contribution in [1.29, 1.82) is 0 Å². The van der Waals surface area contributed by atoms with Gasteiger partial charge in [0.2, 0.25) is 0 Å². The molecule has 0 saturated heterocycles. The van der Waals surface area contributed by atoms with Gasteiger partial charge in [-0.05, 0) is 37.1 Å². The standard InChI is InChI=1S/C20H18F3N5O2/c21-20(22,23)16-6-2-1-5-15(16)18(29)25-10-11-27-19(30)28(14-7-8-14)17(26-27)13-4-3-9-24-12-13/h1-6,9,12,14H,7-8,10-11H2,(H,25,29). The Hall–Kier alpha value is -3.43. The molecule has 7 nitrogen and oxygen atoms in total. The van der Waals surface area contributed by atoms with Gasteiger partial charge in [0.05, 0.1) is 17.7 Å². The van der Waals surface area contributed by atoms with Crippen molar-refractivity contribution in [2.75, 3.05) is 6.54 Å². The highest BCUT2D eigenvalue weighted by atomic mass is 19.4. The number of hydrogen-bond acceptors (Lipinski definition) is 4. The number of nitrogens with one attached hydrogen (secondary N) is 1. The second-order valence-electron chi connectivity index (χ2n) is 6.97. The number of aromatic nitrogens is 4. The summed E-state index contributed by atoms with van der Waals surface area (Å²) in [5, 5.41) is 6.80. The van der Waals surface area contributed by atoms with Crippen LogP contribution in [-0.2, 0) is 12.7 Å². The average molecular weight is 417 g/mol. The van der Waals surface area contributed by atoms with E-state index in [9.17, 15) is 22.8 Å². The topological polar surface area (TPSA) is 81.8 Å². The van der Waals surface area contributed by atoms with Crippen LogP contribution in [0.15, 0.2) is 53.6 Å². The van der Waals surface area contributed by atoms with E-state index in [0.29, 0.717) is 11.4 Å². The maximum Gasteiger partial charge on any atom is 0.417 e. The Balaban J connectivity index is 1.50. The van der Waals surface area contributed by atoms with Gasteiger partial charge in [-0.2, -0.15) is 13.2 Å². The predicted molar refractivity (Wildman–Crippen MR) is 102 cm³/mol. The lowest BCUT2D eigenvalue weighted by Crippen LogP contribution is -2.33. The fraction of sp³-hybridized carbons (Fsp3) is 0.300. The van der Waals surface area contributed by atoms with Gasteiger partial charge in [0.15, 0.2) is 5.82 Å². The lowest BCUT2D eigenvalue weighted by atomic mass is 10.1. The largest absolute Gasteiger partial charge is 0.417 e. The van der Waals surface area contributed by atoms with Crippen molar-refractivity contribution in [3.8, 4) is 11.4 Å². The molecule has 3 aromatic rings. The lowest BCUT2D eigenvalue weighted by molar-refractivity contribution is -0.137. The predicted octanol–water partition coefficient (Wildman–Crippen LogP) is 2.89. The Morgan fingerprint density at radius 3 is 2.60 bits per heavy atom. The first-order valence-corrected chi connectivity index (χ1v) is 9.40. The van der Waals surface area contributed by atoms with Crippen molar-refractivity contribution in [3.63, 3.8) is 0 Å². The molecular weight excluding hydrogens is 399 g/mol. The molecule has 0 aliphatic heterocycles. The van der Waals surface area contributed by atoms with E-state index in [1.54, 1.807) is 29.1 Å². The minimum Gasteiger partial charge on any atom is -0.350 e. The van der Waals surface area contributed by atoms with E-state index >= 15 is 0 Å². The maximum absolute atomic E-state index is 13.1. The number of alkyl halides is 3. The molecule has 1 aromatic carbocycles. The molecule has 0 radical (unpaired) electrons. The van der Waals surface area contributed by atoms with E-state index < -0.39 is 23.2 Å². The Morgan fingerprint density at radius 2 is 1.93 bits per heavy atom. The van der Waals surface area contributed by atoms with Crippen molar-refractivity contribution in [1.82, 2.24) is 24.6 Å². The second-order valence-corrected chi connectivity index (χ2v) is 6.97. The molecule has 0 unspecified atom stereocenters. The fourth-order valence-corrected chi connectivity index (χ4v) is 3.22. The molecule has 0 atom stereocenters. The third-order valence-electron chi connectivity index (χ3n) is 4.79. The molecule has 1 aliphatic rings. The van der Waals surface area contributed by atoms with Crippen LogP contribution < -0.4 is 11.0 Å². The third-order valence-corrected chi connectivity index (χ3v) is 4.79. The number of nitrogens with zero attached hydrogens (tertiary/aromatic N) is 4. The highest BCUT2D eigenvalue weighted by Gasteiger charge is 2.35. The van der Waals surface area contributed by atoms with Gasteiger partial charge >= 0.3 is 11.9 Å². The van der Waals surface area contributed by atoms with Crippen LogP contribution in [0.3, 0.4) is 0 Å². The van der Waals surface area contributed by atoms with Gasteiger partial charge < -0.3 is 5.32 Å². The first-order valence-electron chi connectivity index (χ1n) is 9.40. The number of pyridine rings is 1. The summed E-state index contributed by atoms with van der Waals surface area (Å²) in [6, 6.07) is 8.19. The molecule has 1 N–H and O–H groups in total. The summed E-state index contributed by atoms with van der Waals surface area (Å²) in [5.41, 5.74) is -1.09. The van der Waals surface area contributed by atoms with Gasteiger partial charge in [0.1, 0.15) is 0 Å². The van der Waals surface area contributed by atoms with Crippen LogP contribution in [0.25, 0.3) is 11.4 Å². The minimum absolute atomic E-state index is 0.0335. The molecule has 1 fully saturated rings. The summed E-state index contributed by atoms with van der Waals surface area (Å²) in [5.74, 6) is -0.366. The van der Waals surface area contributed by atoms with Crippen LogP contribution in [0.4, 0.5) is 13.2 Å². The molecule has 1 amide bonds. The molecule has 2 aromatic heterocycles. The summed E-state index contributed by atoms with van der Waals surface area (Å²) >= 11 is 0. The van der Waals surface area contributed by atoms with Crippen molar-refractivity contribution in [3.05, 3.63) is 70.4 Å². The summed E-state index contributed by atoms with van der Waals surface area (Å²) in [7, 11) is 0. The van der Waals surface area contributed by atoms with Crippen molar-refractivity contribution in [2.45, 2.75) is 31.6 Å². The third kappa shape index (κ3) is 3.98. The summed E-state index contributed by atoms with van der Waals surface area (Å²) in [6.07, 6.45) is 0.357. The quantitative estimate of drug-likeness (QED) is 0.669. The molecule has 10 heteroatoms. The van der Waals surface area contributed by atoms with Gasteiger partial charge in [-0.25, -0.2) is 9.48 Å². The van der Waals surface area contributed by atoms with Gasteiger partial charge in [0, 0.05) is 30.5 Å². The summed E-state index contributed by atoms with van der Waals surface area (Å²) < 4.78 is 42.1. The SMILES string of the molecule is O=C(NCCn1nc(-c2cccnc2)n(C2CC2)c1=O)c1ccccc1C(F)(F)F. The monoisotopic (exact) mass is 417 g/mol. The maximum atomic E-state index is 13.1. The van der Waals surface area contributed by atoms with Crippen molar-refractivity contribution < 1.29 is 18.0 Å². The Bertz CT molecular complexity index is 1120. The summed E-state index contributed by atoms with van der Waals surface area (Å²) in [6.45, 7) is -0.00910. The molecule has 2 heterocycles. The lowest BCUT2D eigenvalue weighted by Gasteiger charge is -2.12. The van der Waals surface area contributed by atoms with E-state index in [-0.39, 0.29) is 24.8 Å². The smallest absolute Gasteiger partial charge is 0.350 e. The number of benzene rings is 1. The molecule has 1 aliphatic carbocycles. The minimum atomic E-state index is -4.63. The van der Waals surface area contributed by atoms with E-state index in [0.717, 1.165) is 25.0 Å². The van der Waals surface area contributed by atoms with E-state index in [1.807, 2.05) is 0 Å². The van der Waals surface area contributed by atoms with E-state index in [4.69, 9.17) is 0 Å². The molecule has 30 heavy (non-hydrogen) atoms. The molecular formula is C20H18F3N5O2. The highest BCUT2D eigenvalue weighted by Crippen LogP contribution is 2.36. The molecule has 4 rings (SSSR count). The number of amides is 1. The molecule has 156 valence electrons. The zero-order valence-corrected chi connectivity index (χ0v) is 15.8. The zero-order valence-electron chi connectivity index (χ0n) is 15.8. The van der Waals surface area contributed by atoms with E-state index in [1.165, 1.54) is 16.8 Å². The van der Waals surface area contributed by atoms with Crippen molar-refractivity contribution in [2.24, 2.45) is 0 Å². The van der Waals surface area contributed by atoms with E-state index in [2.05, 4.69) is 15.4 Å². The highest BCUT2D eigenvalue weighted by molar-refractivity contribution is 5.95. The van der Waals surface area contributed by atoms with Gasteiger partial charge in [-0.3, -0.25) is 14.3 Å². The van der Waals surface area contributed by atoms with Gasteiger partial charge in [0.25, 0.3) is 5.91 Å². The van der Waals surface area contributed by atoms with Crippen LogP contribution >= 0.6 is 0 Å². The molecule has 0 bridgehead atoms. The summed E-state index contributed by atoms with van der Waals surface area (Å²) in [4.78, 5) is 29.1. The van der Waals surface area contributed by atoms with Crippen LogP contribution in [-0.4, -0.2) is 31.8 Å². The number of carbonyl (C=O) groups is 1. The number of carbonyl (C=O) groups excluding carboxylic acids is 1. The van der Waals surface area contributed by atoms with Crippen LogP contribution in [0.2, 0.25) is 0 Å². The second kappa shape index (κ2) is 7.77. The van der Waals surface area contributed by atoms with Crippen LogP contribution in [0.5, 0.6) is 0 Å². The Kier molecular flexibility index (Phi) is 5.15. The zero-order chi connectivity index (χ0) is 21.3.